The van der Waals surface area contributed by atoms with Crippen LogP contribution < -0.4 is 15.8 Å². The molecule has 1 fully saturated rings. The summed E-state index contributed by atoms with van der Waals surface area (Å²) in [5.74, 6) is 1.15. The van der Waals surface area contributed by atoms with Gasteiger partial charge in [-0.15, -0.1) is 24.8 Å². The van der Waals surface area contributed by atoms with Crippen molar-refractivity contribution in [2.24, 2.45) is 11.7 Å². The van der Waals surface area contributed by atoms with Gasteiger partial charge in [0, 0.05) is 29.9 Å². The van der Waals surface area contributed by atoms with Crippen LogP contribution in [0.2, 0.25) is 5.02 Å². The van der Waals surface area contributed by atoms with Gasteiger partial charge in [-0.25, -0.2) is 4.98 Å². The van der Waals surface area contributed by atoms with Gasteiger partial charge in [-0.2, -0.15) is 0 Å². The van der Waals surface area contributed by atoms with E-state index in [2.05, 4.69) is 10.3 Å². The Morgan fingerprint density at radius 3 is 2.50 bits per heavy atom. The minimum Gasteiger partial charge on any atom is -0.439 e. The SMILES string of the molecule is Cl.Cl.NC1CCCC(C(=O)Nc2ccc(Oc3ccc(Cl)cn3)cc2)C1. The summed E-state index contributed by atoms with van der Waals surface area (Å²) in [6.45, 7) is 0. The van der Waals surface area contributed by atoms with Crippen molar-refractivity contribution in [3.05, 3.63) is 47.6 Å². The largest absolute Gasteiger partial charge is 0.439 e. The molecule has 2 aromatic rings. The molecule has 1 saturated carbocycles. The maximum Gasteiger partial charge on any atom is 0.227 e. The summed E-state index contributed by atoms with van der Waals surface area (Å²) in [5.41, 5.74) is 6.69. The third-order valence-electron chi connectivity index (χ3n) is 4.13. The molecule has 1 aromatic heterocycles. The zero-order chi connectivity index (χ0) is 16.9. The van der Waals surface area contributed by atoms with Crippen LogP contribution in [0, 0.1) is 5.92 Å². The summed E-state index contributed by atoms with van der Waals surface area (Å²) < 4.78 is 5.62. The van der Waals surface area contributed by atoms with Crippen molar-refractivity contribution in [1.29, 1.82) is 0 Å². The second-order valence-electron chi connectivity index (χ2n) is 6.05. The zero-order valence-corrected chi connectivity index (χ0v) is 16.4. The number of pyridine rings is 1. The van der Waals surface area contributed by atoms with Gasteiger partial charge >= 0.3 is 0 Å². The lowest BCUT2D eigenvalue weighted by atomic mass is 9.85. The summed E-state index contributed by atoms with van der Waals surface area (Å²) in [5, 5.41) is 3.51. The second kappa shape index (κ2) is 10.6. The Bertz CT molecular complexity index is 696. The van der Waals surface area contributed by atoms with E-state index in [0.717, 1.165) is 31.4 Å². The molecule has 0 bridgehead atoms. The van der Waals surface area contributed by atoms with Crippen LogP contribution >= 0.6 is 36.4 Å². The Hall–Kier alpha value is -1.53. The number of benzene rings is 1. The quantitative estimate of drug-likeness (QED) is 0.745. The summed E-state index contributed by atoms with van der Waals surface area (Å²) in [6, 6.07) is 10.8. The molecule has 8 heteroatoms. The number of nitrogens with one attached hydrogen (secondary N) is 1. The molecule has 2 atom stereocenters. The highest BCUT2D eigenvalue weighted by Gasteiger charge is 2.25. The number of nitrogens with zero attached hydrogens (tertiary/aromatic N) is 1. The molecule has 0 radical (unpaired) electrons. The lowest BCUT2D eigenvalue weighted by Crippen LogP contribution is -2.34. The maximum absolute atomic E-state index is 12.3. The van der Waals surface area contributed by atoms with Crippen LogP contribution in [0.1, 0.15) is 25.7 Å². The standard InChI is InChI=1S/C18H20ClN3O2.2ClH/c19-13-4-9-17(21-11-13)24-16-7-5-15(6-8-16)22-18(23)12-2-1-3-14(20)10-12;;/h4-9,11-12,14H,1-3,10,20H2,(H,22,23);2*1H. The van der Waals surface area contributed by atoms with Gasteiger partial charge in [0.2, 0.25) is 11.8 Å². The third kappa shape index (κ3) is 6.32. The number of carbonyl (C=O) groups excluding carboxylic acids is 1. The van der Waals surface area contributed by atoms with Crippen molar-refractivity contribution in [2.75, 3.05) is 5.32 Å². The molecule has 1 amide bonds. The molecule has 0 spiro atoms. The molecule has 1 heterocycles. The average molecular weight is 419 g/mol. The molecule has 2 unspecified atom stereocenters. The molecule has 1 aliphatic carbocycles. The smallest absolute Gasteiger partial charge is 0.227 e. The normalized spacial score (nSPS) is 18.8. The number of nitrogens with two attached hydrogens (primary N) is 1. The van der Waals surface area contributed by atoms with Crippen molar-refractivity contribution in [3.63, 3.8) is 0 Å². The number of anilines is 1. The van der Waals surface area contributed by atoms with Crippen LogP contribution in [0.15, 0.2) is 42.6 Å². The zero-order valence-electron chi connectivity index (χ0n) is 14.1. The van der Waals surface area contributed by atoms with Gasteiger partial charge < -0.3 is 15.8 Å². The van der Waals surface area contributed by atoms with Crippen molar-refractivity contribution in [2.45, 2.75) is 31.7 Å². The number of hydrogen-bond acceptors (Lipinski definition) is 4. The van der Waals surface area contributed by atoms with Crippen LogP contribution in [-0.4, -0.2) is 16.9 Å². The second-order valence-corrected chi connectivity index (χ2v) is 6.49. The molecule has 0 saturated heterocycles. The first-order chi connectivity index (χ1) is 11.6. The van der Waals surface area contributed by atoms with Crippen LogP contribution in [0.3, 0.4) is 0 Å². The number of ether oxygens (including phenoxy) is 1. The number of rotatable bonds is 4. The van der Waals surface area contributed by atoms with Crippen LogP contribution in [-0.2, 0) is 4.79 Å². The number of hydrogen-bond donors (Lipinski definition) is 2. The van der Waals surface area contributed by atoms with Crippen LogP contribution in [0.4, 0.5) is 5.69 Å². The van der Waals surface area contributed by atoms with Crippen molar-refractivity contribution in [3.8, 4) is 11.6 Å². The van der Waals surface area contributed by atoms with Gasteiger partial charge in [-0.05, 0) is 49.6 Å². The molecule has 0 aliphatic heterocycles. The molecular formula is C18H22Cl3N3O2. The minimum absolute atomic E-state index is 0. The Morgan fingerprint density at radius 2 is 1.88 bits per heavy atom. The topological polar surface area (TPSA) is 77.2 Å². The first-order valence-corrected chi connectivity index (χ1v) is 8.44. The van der Waals surface area contributed by atoms with Crippen molar-refractivity contribution in [1.82, 2.24) is 4.98 Å². The van der Waals surface area contributed by atoms with E-state index in [1.807, 2.05) is 12.1 Å². The fourth-order valence-corrected chi connectivity index (χ4v) is 2.97. The third-order valence-corrected chi connectivity index (χ3v) is 4.35. The predicted octanol–water partition coefficient (Wildman–Crippen LogP) is 4.83. The maximum atomic E-state index is 12.3. The molecular weight excluding hydrogens is 397 g/mol. The number of aromatic nitrogens is 1. The van der Waals surface area contributed by atoms with Crippen molar-refractivity contribution >= 4 is 48.0 Å². The van der Waals surface area contributed by atoms with Crippen LogP contribution in [0.25, 0.3) is 0 Å². The van der Waals surface area contributed by atoms with Crippen LogP contribution in [0.5, 0.6) is 11.6 Å². The van der Waals surface area contributed by atoms with Gasteiger partial charge in [-0.1, -0.05) is 18.0 Å². The summed E-state index contributed by atoms with van der Waals surface area (Å²) >= 11 is 5.79. The van der Waals surface area contributed by atoms with E-state index in [9.17, 15) is 4.79 Å². The molecule has 142 valence electrons. The fraction of sp³-hybridized carbons (Fsp3) is 0.333. The van der Waals surface area contributed by atoms with E-state index in [1.54, 1.807) is 24.3 Å². The molecule has 5 nitrogen and oxygen atoms in total. The van der Waals surface area contributed by atoms with Gasteiger partial charge in [0.05, 0.1) is 5.02 Å². The minimum atomic E-state index is 0. The fourth-order valence-electron chi connectivity index (χ4n) is 2.86. The molecule has 1 aliphatic rings. The van der Waals surface area contributed by atoms with Gasteiger partial charge in [0.25, 0.3) is 0 Å². The summed E-state index contributed by atoms with van der Waals surface area (Å²) in [7, 11) is 0. The first kappa shape index (κ1) is 22.5. The molecule has 3 N–H and O–H groups in total. The number of halogens is 3. The van der Waals surface area contributed by atoms with E-state index in [0.29, 0.717) is 16.7 Å². The van der Waals surface area contributed by atoms with E-state index in [-0.39, 0.29) is 42.7 Å². The van der Waals surface area contributed by atoms with E-state index in [1.165, 1.54) is 6.20 Å². The highest BCUT2D eigenvalue weighted by Crippen LogP contribution is 2.26. The van der Waals surface area contributed by atoms with Crippen molar-refractivity contribution < 1.29 is 9.53 Å². The monoisotopic (exact) mass is 417 g/mol. The Morgan fingerprint density at radius 1 is 1.15 bits per heavy atom. The highest BCUT2D eigenvalue weighted by atomic mass is 35.5. The molecule has 1 aromatic carbocycles. The lowest BCUT2D eigenvalue weighted by molar-refractivity contribution is -0.120. The molecule has 26 heavy (non-hydrogen) atoms. The number of amides is 1. The van der Waals surface area contributed by atoms with E-state index in [4.69, 9.17) is 22.1 Å². The Labute approximate surface area is 170 Å². The van der Waals surface area contributed by atoms with Gasteiger partial charge in [0.1, 0.15) is 5.75 Å². The summed E-state index contributed by atoms with van der Waals surface area (Å²) in [6.07, 6.45) is 5.22. The van der Waals surface area contributed by atoms with Gasteiger partial charge in [0.15, 0.2) is 0 Å². The van der Waals surface area contributed by atoms with E-state index < -0.39 is 0 Å². The van der Waals surface area contributed by atoms with E-state index >= 15 is 0 Å². The highest BCUT2D eigenvalue weighted by molar-refractivity contribution is 6.30. The predicted molar refractivity (Wildman–Crippen MR) is 109 cm³/mol. The lowest BCUT2D eigenvalue weighted by Gasteiger charge is -2.25. The number of carbonyl (C=O) groups is 1. The summed E-state index contributed by atoms with van der Waals surface area (Å²) in [4.78, 5) is 16.4. The Balaban J connectivity index is 0.00000169. The average Bonchev–Trinajstić information content (AvgIpc) is 2.59. The van der Waals surface area contributed by atoms with Gasteiger partial charge in [-0.3, -0.25) is 4.79 Å². The first-order valence-electron chi connectivity index (χ1n) is 8.06. The Kier molecular flexibility index (Phi) is 9.16. The molecule has 3 rings (SSSR count).